The van der Waals surface area contributed by atoms with Crippen molar-refractivity contribution in [3.63, 3.8) is 0 Å². The molecule has 1 aromatic carbocycles. The molecule has 0 saturated carbocycles. The van der Waals surface area contributed by atoms with Crippen molar-refractivity contribution in [1.82, 2.24) is 5.32 Å². The van der Waals surface area contributed by atoms with Crippen molar-refractivity contribution in [1.29, 1.82) is 0 Å². The lowest BCUT2D eigenvalue weighted by Gasteiger charge is -2.21. The third-order valence-corrected chi connectivity index (χ3v) is 2.79. The van der Waals surface area contributed by atoms with Crippen LogP contribution in [0.5, 0.6) is 0 Å². The second-order valence-electron chi connectivity index (χ2n) is 4.65. The highest BCUT2D eigenvalue weighted by Crippen LogP contribution is 2.30. The van der Waals surface area contributed by atoms with Gasteiger partial charge in [-0.05, 0) is 26.3 Å². The van der Waals surface area contributed by atoms with Crippen molar-refractivity contribution in [2.45, 2.75) is 32.7 Å². The van der Waals surface area contributed by atoms with E-state index in [4.69, 9.17) is 0 Å². The molecule has 1 atom stereocenters. The molecule has 0 saturated heterocycles. The van der Waals surface area contributed by atoms with Crippen molar-refractivity contribution < 1.29 is 22.0 Å². The molecular weight excluding hydrogens is 277 g/mol. The van der Waals surface area contributed by atoms with Gasteiger partial charge in [-0.2, -0.15) is 0 Å². The van der Waals surface area contributed by atoms with E-state index in [9.17, 15) is 22.0 Å². The molecule has 0 radical (unpaired) electrons. The minimum absolute atomic E-state index is 0.0817. The van der Waals surface area contributed by atoms with Crippen LogP contribution in [0, 0.1) is 29.1 Å². The van der Waals surface area contributed by atoms with E-state index in [1.807, 2.05) is 6.92 Å². The van der Waals surface area contributed by atoms with Gasteiger partial charge in [0.15, 0.2) is 23.3 Å². The van der Waals surface area contributed by atoms with Crippen molar-refractivity contribution in [3.8, 4) is 0 Å². The summed E-state index contributed by atoms with van der Waals surface area (Å²) in [6.45, 7) is 7.43. The Bertz CT molecular complexity index is 484. The van der Waals surface area contributed by atoms with Gasteiger partial charge in [0.1, 0.15) is 0 Å². The van der Waals surface area contributed by atoms with Crippen LogP contribution in [0.2, 0.25) is 0 Å². The fraction of sp³-hybridized carbons (Fsp3) is 0.429. The molecule has 1 aromatic rings. The summed E-state index contributed by atoms with van der Waals surface area (Å²) in [5.74, 6) is -9.59. The van der Waals surface area contributed by atoms with Crippen LogP contribution >= 0.6 is 0 Å². The van der Waals surface area contributed by atoms with E-state index in [-0.39, 0.29) is 6.42 Å². The van der Waals surface area contributed by atoms with E-state index in [1.165, 1.54) is 0 Å². The van der Waals surface area contributed by atoms with Gasteiger partial charge in [0.2, 0.25) is 5.82 Å². The summed E-state index contributed by atoms with van der Waals surface area (Å²) in [6.07, 6.45) is 0.737. The van der Waals surface area contributed by atoms with E-state index in [0.717, 1.165) is 0 Å². The SMILES string of the molecule is C=C(C)CC(NCCC)c1c(F)c(F)c(F)c(F)c1F. The number of nitrogens with one attached hydrogen (secondary N) is 1. The van der Waals surface area contributed by atoms with E-state index in [2.05, 4.69) is 11.9 Å². The van der Waals surface area contributed by atoms with E-state index in [1.54, 1.807) is 6.92 Å². The third kappa shape index (κ3) is 3.36. The standard InChI is InChI=1S/C14H16F5N/c1-4-5-20-8(6-7(2)3)9-10(15)12(17)14(19)13(18)11(9)16/h8,20H,2,4-6H2,1,3H3. The normalized spacial score (nSPS) is 12.6. The first kappa shape index (κ1) is 16.6. The van der Waals surface area contributed by atoms with Gasteiger partial charge in [-0.15, -0.1) is 6.58 Å². The first-order valence-corrected chi connectivity index (χ1v) is 6.20. The van der Waals surface area contributed by atoms with Gasteiger partial charge in [-0.25, -0.2) is 22.0 Å². The molecule has 0 aliphatic rings. The van der Waals surface area contributed by atoms with Gasteiger partial charge in [0.05, 0.1) is 0 Å². The average molecular weight is 293 g/mol. The number of halogens is 5. The molecule has 0 bridgehead atoms. The second kappa shape index (κ2) is 6.83. The highest BCUT2D eigenvalue weighted by molar-refractivity contribution is 5.28. The molecule has 0 aliphatic carbocycles. The van der Waals surface area contributed by atoms with Crippen molar-refractivity contribution >= 4 is 0 Å². The number of hydrogen-bond donors (Lipinski definition) is 1. The lowest BCUT2D eigenvalue weighted by Crippen LogP contribution is -2.26. The number of rotatable bonds is 6. The zero-order chi connectivity index (χ0) is 15.4. The minimum Gasteiger partial charge on any atom is -0.309 e. The van der Waals surface area contributed by atoms with Crippen LogP contribution in [0.15, 0.2) is 12.2 Å². The molecule has 0 heterocycles. The Morgan fingerprint density at radius 2 is 1.45 bits per heavy atom. The summed E-state index contributed by atoms with van der Waals surface area (Å²) >= 11 is 0. The first-order chi connectivity index (χ1) is 9.31. The summed E-state index contributed by atoms with van der Waals surface area (Å²) in [7, 11) is 0. The van der Waals surface area contributed by atoms with Crippen LogP contribution in [0.1, 0.15) is 38.3 Å². The predicted octanol–water partition coefficient (Wildman–Crippen LogP) is 4.39. The quantitative estimate of drug-likeness (QED) is 0.355. The summed E-state index contributed by atoms with van der Waals surface area (Å²) in [5, 5.41) is 2.78. The Morgan fingerprint density at radius 3 is 1.85 bits per heavy atom. The van der Waals surface area contributed by atoms with Crippen LogP contribution in [0.4, 0.5) is 22.0 Å². The van der Waals surface area contributed by atoms with Crippen LogP contribution in [0.25, 0.3) is 0 Å². The molecule has 0 aromatic heterocycles. The Balaban J connectivity index is 3.35. The largest absolute Gasteiger partial charge is 0.309 e. The van der Waals surface area contributed by atoms with Crippen LogP contribution in [0.3, 0.4) is 0 Å². The summed E-state index contributed by atoms with van der Waals surface area (Å²) in [6, 6.07) is -1.00. The number of benzene rings is 1. The Kier molecular flexibility index (Phi) is 5.68. The molecule has 0 aliphatic heterocycles. The van der Waals surface area contributed by atoms with Crippen LogP contribution < -0.4 is 5.32 Å². The molecule has 1 nitrogen and oxygen atoms in total. The molecule has 0 spiro atoms. The third-order valence-electron chi connectivity index (χ3n) is 2.79. The van der Waals surface area contributed by atoms with Gasteiger partial charge in [-0.3, -0.25) is 0 Å². The van der Waals surface area contributed by atoms with E-state index < -0.39 is 40.7 Å². The van der Waals surface area contributed by atoms with Crippen molar-refractivity contribution in [3.05, 3.63) is 46.8 Å². The zero-order valence-electron chi connectivity index (χ0n) is 11.3. The number of hydrogen-bond acceptors (Lipinski definition) is 1. The maximum absolute atomic E-state index is 13.7. The van der Waals surface area contributed by atoms with E-state index >= 15 is 0 Å². The smallest absolute Gasteiger partial charge is 0.200 e. The van der Waals surface area contributed by atoms with Gasteiger partial charge < -0.3 is 5.32 Å². The zero-order valence-corrected chi connectivity index (χ0v) is 11.3. The highest BCUT2D eigenvalue weighted by Gasteiger charge is 2.30. The highest BCUT2D eigenvalue weighted by atomic mass is 19.2. The molecule has 112 valence electrons. The molecular formula is C14H16F5N. The average Bonchev–Trinajstić information content (AvgIpc) is 2.39. The van der Waals surface area contributed by atoms with Gasteiger partial charge >= 0.3 is 0 Å². The predicted molar refractivity (Wildman–Crippen MR) is 66.7 cm³/mol. The fourth-order valence-corrected chi connectivity index (χ4v) is 1.87. The molecule has 0 fully saturated rings. The lowest BCUT2D eigenvalue weighted by atomic mass is 9.98. The Morgan fingerprint density at radius 1 is 1.00 bits per heavy atom. The van der Waals surface area contributed by atoms with Crippen molar-refractivity contribution in [2.75, 3.05) is 6.54 Å². The summed E-state index contributed by atoms with van der Waals surface area (Å²) in [5.41, 5.74) is -0.264. The summed E-state index contributed by atoms with van der Waals surface area (Å²) in [4.78, 5) is 0. The van der Waals surface area contributed by atoms with Crippen LogP contribution in [-0.2, 0) is 0 Å². The van der Waals surface area contributed by atoms with Crippen molar-refractivity contribution in [2.24, 2.45) is 0 Å². The maximum Gasteiger partial charge on any atom is 0.200 e. The molecule has 6 heteroatoms. The first-order valence-electron chi connectivity index (χ1n) is 6.20. The topological polar surface area (TPSA) is 12.0 Å². The second-order valence-corrected chi connectivity index (χ2v) is 4.65. The molecule has 1 N–H and O–H groups in total. The van der Waals surface area contributed by atoms with E-state index in [0.29, 0.717) is 18.5 Å². The molecule has 1 unspecified atom stereocenters. The molecule has 0 amide bonds. The van der Waals surface area contributed by atoms with Crippen LogP contribution in [-0.4, -0.2) is 6.54 Å². The Labute approximate surface area is 114 Å². The fourth-order valence-electron chi connectivity index (χ4n) is 1.87. The summed E-state index contributed by atoms with van der Waals surface area (Å²) < 4.78 is 66.9. The van der Waals surface area contributed by atoms with Gasteiger partial charge in [-0.1, -0.05) is 12.5 Å². The lowest BCUT2D eigenvalue weighted by molar-refractivity contribution is 0.355. The van der Waals surface area contributed by atoms with Gasteiger partial charge in [0.25, 0.3) is 0 Å². The molecule has 20 heavy (non-hydrogen) atoms. The monoisotopic (exact) mass is 293 g/mol. The maximum atomic E-state index is 13.7. The Hall–Kier alpha value is -1.43. The van der Waals surface area contributed by atoms with Gasteiger partial charge in [0, 0.05) is 11.6 Å². The minimum atomic E-state index is -2.15. The molecule has 1 rings (SSSR count).